The van der Waals surface area contributed by atoms with E-state index in [-0.39, 0.29) is 30.4 Å². The first-order valence-electron chi connectivity index (χ1n) is 10.1. The van der Waals surface area contributed by atoms with E-state index in [1.807, 2.05) is 31.2 Å². The summed E-state index contributed by atoms with van der Waals surface area (Å²) in [5, 5.41) is 5.40. The summed E-state index contributed by atoms with van der Waals surface area (Å²) in [5.74, 6) is -0.941. The largest absolute Gasteiger partial charge is 0.460 e. The van der Waals surface area contributed by atoms with Gasteiger partial charge in [-0.25, -0.2) is 4.79 Å². The highest BCUT2D eigenvalue weighted by molar-refractivity contribution is 9.10. The second kappa shape index (κ2) is 11.3. The van der Waals surface area contributed by atoms with Crippen LogP contribution in [0.4, 0.5) is 5.69 Å². The van der Waals surface area contributed by atoms with E-state index in [0.717, 1.165) is 5.56 Å². The van der Waals surface area contributed by atoms with Crippen molar-refractivity contribution in [3.05, 3.63) is 87.8 Å². The normalized spacial score (nSPS) is 10.4. The smallest absolute Gasteiger partial charge is 0.338 e. The van der Waals surface area contributed by atoms with Crippen LogP contribution in [0.25, 0.3) is 0 Å². The van der Waals surface area contributed by atoms with E-state index in [1.54, 1.807) is 24.3 Å². The quantitative estimate of drug-likeness (QED) is 0.334. The van der Waals surface area contributed by atoms with Crippen LogP contribution in [0.15, 0.2) is 69.8 Å². The van der Waals surface area contributed by atoms with E-state index in [9.17, 15) is 14.4 Å². The van der Waals surface area contributed by atoms with Crippen molar-refractivity contribution in [1.82, 2.24) is 5.32 Å². The van der Waals surface area contributed by atoms with Gasteiger partial charge in [0.05, 0.1) is 12.1 Å². The molecule has 2 amide bonds. The van der Waals surface area contributed by atoms with Gasteiger partial charge in [0, 0.05) is 12.1 Å². The lowest BCUT2D eigenvalue weighted by Gasteiger charge is -2.08. The zero-order valence-electron chi connectivity index (χ0n) is 17.5. The molecule has 0 bridgehead atoms. The van der Waals surface area contributed by atoms with Crippen LogP contribution in [-0.4, -0.2) is 30.9 Å². The number of halogens is 1. The molecule has 2 N–H and O–H groups in total. The Morgan fingerprint density at radius 2 is 1.81 bits per heavy atom. The molecule has 32 heavy (non-hydrogen) atoms. The van der Waals surface area contributed by atoms with E-state index >= 15 is 0 Å². The number of anilines is 1. The lowest BCUT2D eigenvalue weighted by Crippen LogP contribution is -2.28. The number of carbonyl (C=O) groups is 3. The molecular weight excluding hydrogens is 476 g/mol. The van der Waals surface area contributed by atoms with Gasteiger partial charge >= 0.3 is 5.97 Å². The van der Waals surface area contributed by atoms with Crippen LogP contribution >= 0.6 is 15.9 Å². The minimum atomic E-state index is -0.546. The molecule has 7 nitrogen and oxygen atoms in total. The highest BCUT2D eigenvalue weighted by Crippen LogP contribution is 2.17. The van der Waals surface area contributed by atoms with Crippen LogP contribution in [0.3, 0.4) is 0 Å². The third-order valence-corrected chi connectivity index (χ3v) is 5.00. The van der Waals surface area contributed by atoms with Crippen molar-refractivity contribution < 1.29 is 23.5 Å². The predicted molar refractivity (Wildman–Crippen MR) is 124 cm³/mol. The van der Waals surface area contributed by atoms with Gasteiger partial charge in [0.15, 0.2) is 10.4 Å². The molecule has 0 saturated carbocycles. The highest BCUT2D eigenvalue weighted by atomic mass is 79.9. The van der Waals surface area contributed by atoms with Crippen molar-refractivity contribution in [2.75, 3.05) is 18.5 Å². The molecule has 0 fully saturated rings. The summed E-state index contributed by atoms with van der Waals surface area (Å²) in [4.78, 5) is 36.4. The van der Waals surface area contributed by atoms with Crippen molar-refractivity contribution in [2.45, 2.75) is 19.8 Å². The fourth-order valence-corrected chi connectivity index (χ4v) is 3.18. The van der Waals surface area contributed by atoms with Crippen molar-refractivity contribution >= 4 is 39.4 Å². The maximum absolute atomic E-state index is 12.3. The van der Waals surface area contributed by atoms with E-state index in [0.29, 0.717) is 23.2 Å². The molecule has 0 aliphatic carbocycles. The Morgan fingerprint density at radius 1 is 1.03 bits per heavy atom. The first-order chi connectivity index (χ1) is 15.4. The number of amides is 2. The standard InChI is InChI=1S/C24H23BrN2O5/c1-16-5-7-17(8-6-16)9-12-22(28)26-13-14-31-24(30)18-3-2-4-19(15-18)27-23(29)20-10-11-21(25)32-20/h2-8,10-11,15H,9,12-14H2,1H3,(H,26,28)(H,27,29). The number of hydrogen-bond acceptors (Lipinski definition) is 5. The summed E-state index contributed by atoms with van der Waals surface area (Å²) in [6.45, 7) is 2.29. The van der Waals surface area contributed by atoms with Gasteiger partial charge < -0.3 is 19.8 Å². The molecule has 0 aliphatic rings. The zero-order valence-corrected chi connectivity index (χ0v) is 19.1. The topological polar surface area (TPSA) is 97.6 Å². The van der Waals surface area contributed by atoms with E-state index < -0.39 is 11.9 Å². The third kappa shape index (κ3) is 7.09. The van der Waals surface area contributed by atoms with Crippen molar-refractivity contribution in [2.24, 2.45) is 0 Å². The predicted octanol–water partition coefficient (Wildman–Crippen LogP) is 4.51. The highest BCUT2D eigenvalue weighted by Gasteiger charge is 2.13. The average molecular weight is 499 g/mol. The second-order valence-corrected chi connectivity index (χ2v) is 7.89. The molecule has 0 atom stereocenters. The fraction of sp³-hybridized carbons (Fsp3) is 0.208. The van der Waals surface area contributed by atoms with Gasteiger partial charge in [-0.2, -0.15) is 0 Å². The lowest BCUT2D eigenvalue weighted by molar-refractivity contribution is -0.121. The lowest BCUT2D eigenvalue weighted by atomic mass is 10.1. The molecule has 0 aliphatic heterocycles. The number of benzene rings is 2. The molecule has 0 spiro atoms. The number of aryl methyl sites for hydroxylation is 2. The Labute approximate surface area is 194 Å². The fourth-order valence-electron chi connectivity index (χ4n) is 2.87. The Morgan fingerprint density at radius 3 is 2.53 bits per heavy atom. The first-order valence-corrected chi connectivity index (χ1v) is 10.9. The molecular formula is C24H23BrN2O5. The first kappa shape index (κ1) is 23.3. The van der Waals surface area contributed by atoms with Gasteiger partial charge in [-0.05, 0) is 65.2 Å². The Bertz CT molecular complexity index is 1090. The maximum atomic E-state index is 12.3. The molecule has 0 radical (unpaired) electrons. The van der Waals surface area contributed by atoms with Crippen LogP contribution in [0, 0.1) is 6.92 Å². The number of esters is 1. The van der Waals surface area contributed by atoms with Crippen LogP contribution in [-0.2, 0) is 16.0 Å². The number of hydrogen-bond donors (Lipinski definition) is 2. The summed E-state index contributed by atoms with van der Waals surface area (Å²) >= 11 is 3.14. The van der Waals surface area contributed by atoms with Gasteiger partial charge in [0.2, 0.25) is 5.91 Å². The number of ether oxygens (including phenoxy) is 1. The molecule has 1 aromatic heterocycles. The molecule has 166 valence electrons. The van der Waals surface area contributed by atoms with Gasteiger partial charge in [0.25, 0.3) is 5.91 Å². The zero-order chi connectivity index (χ0) is 22.9. The maximum Gasteiger partial charge on any atom is 0.338 e. The molecule has 3 aromatic rings. The summed E-state index contributed by atoms with van der Waals surface area (Å²) in [7, 11) is 0. The van der Waals surface area contributed by atoms with Crippen LogP contribution in [0.5, 0.6) is 0 Å². The van der Waals surface area contributed by atoms with Gasteiger partial charge in [-0.15, -0.1) is 0 Å². The molecule has 0 unspecified atom stereocenters. The van der Waals surface area contributed by atoms with Crippen molar-refractivity contribution in [1.29, 1.82) is 0 Å². The average Bonchev–Trinajstić information content (AvgIpc) is 3.23. The van der Waals surface area contributed by atoms with Gasteiger partial charge in [0.1, 0.15) is 6.61 Å². The minimum Gasteiger partial charge on any atom is -0.460 e. The molecule has 1 heterocycles. The van der Waals surface area contributed by atoms with Crippen LogP contribution in [0.1, 0.15) is 38.5 Å². The third-order valence-electron chi connectivity index (χ3n) is 4.57. The number of carbonyl (C=O) groups excluding carboxylic acids is 3. The van der Waals surface area contributed by atoms with Crippen LogP contribution < -0.4 is 10.6 Å². The number of furan rings is 1. The molecule has 0 saturated heterocycles. The summed E-state index contributed by atoms with van der Waals surface area (Å²) in [6.07, 6.45) is 1.02. The summed E-state index contributed by atoms with van der Waals surface area (Å²) < 4.78 is 10.9. The van der Waals surface area contributed by atoms with E-state index in [1.165, 1.54) is 17.7 Å². The van der Waals surface area contributed by atoms with E-state index in [2.05, 4.69) is 26.6 Å². The number of nitrogens with one attached hydrogen (secondary N) is 2. The van der Waals surface area contributed by atoms with Crippen molar-refractivity contribution in [3.8, 4) is 0 Å². The molecule has 3 rings (SSSR count). The Kier molecular flexibility index (Phi) is 8.21. The molecule has 2 aromatic carbocycles. The minimum absolute atomic E-state index is 0.0477. The Hall–Kier alpha value is -3.39. The molecule has 8 heteroatoms. The van der Waals surface area contributed by atoms with E-state index in [4.69, 9.17) is 9.15 Å². The summed E-state index contributed by atoms with van der Waals surface area (Å²) in [6, 6.07) is 17.6. The SMILES string of the molecule is Cc1ccc(CCC(=O)NCCOC(=O)c2cccc(NC(=O)c3ccc(Br)o3)c2)cc1. The Balaban J connectivity index is 1.40. The van der Waals surface area contributed by atoms with Gasteiger partial charge in [-0.3, -0.25) is 9.59 Å². The second-order valence-electron chi connectivity index (χ2n) is 7.11. The van der Waals surface area contributed by atoms with Crippen LogP contribution in [0.2, 0.25) is 0 Å². The summed E-state index contributed by atoms with van der Waals surface area (Å²) in [5.41, 5.74) is 3.00. The number of rotatable bonds is 9. The van der Waals surface area contributed by atoms with Gasteiger partial charge in [-0.1, -0.05) is 35.9 Å². The monoisotopic (exact) mass is 498 g/mol. The van der Waals surface area contributed by atoms with Crippen molar-refractivity contribution in [3.63, 3.8) is 0 Å².